The molecule has 0 radical (unpaired) electrons. The van der Waals surface area contributed by atoms with Crippen LogP contribution in [0.1, 0.15) is 38.4 Å². The van der Waals surface area contributed by atoms with E-state index in [1.165, 1.54) is 25.7 Å². The van der Waals surface area contributed by atoms with Gasteiger partial charge >= 0.3 is 0 Å². The molecule has 0 spiro atoms. The van der Waals surface area contributed by atoms with Gasteiger partial charge in [-0.25, -0.2) is 4.98 Å². The minimum Gasteiger partial charge on any atom is -0.337 e. The molecular formula is C14H28N4. The summed E-state index contributed by atoms with van der Waals surface area (Å²) in [5.41, 5.74) is 5.62. The van der Waals surface area contributed by atoms with Gasteiger partial charge in [-0.3, -0.25) is 4.90 Å². The number of hydrogen-bond acceptors (Lipinski definition) is 3. The fraction of sp³-hybridized carbons (Fsp3) is 0.786. The molecule has 4 nitrogen and oxygen atoms in total. The Morgan fingerprint density at radius 1 is 1.44 bits per heavy atom. The maximum atomic E-state index is 5.62. The van der Waals surface area contributed by atoms with E-state index in [9.17, 15) is 0 Å². The highest BCUT2D eigenvalue weighted by Gasteiger charge is 2.07. The number of nitrogens with two attached hydrogens (primary N) is 1. The monoisotopic (exact) mass is 252 g/mol. The Kier molecular flexibility index (Phi) is 6.98. The van der Waals surface area contributed by atoms with Crippen LogP contribution in [-0.4, -0.2) is 34.6 Å². The molecule has 0 aliphatic carbocycles. The van der Waals surface area contributed by atoms with Crippen molar-refractivity contribution in [3.63, 3.8) is 0 Å². The van der Waals surface area contributed by atoms with Crippen molar-refractivity contribution in [2.75, 3.05) is 20.1 Å². The summed E-state index contributed by atoms with van der Waals surface area (Å²) in [5.74, 6) is 1.93. The molecular weight excluding hydrogens is 224 g/mol. The molecule has 1 atom stereocenters. The number of aryl methyl sites for hydroxylation is 1. The van der Waals surface area contributed by atoms with Crippen molar-refractivity contribution >= 4 is 0 Å². The SMILES string of the molecule is CCC(CCN)CCCN(C)Cc1nccn1C. The van der Waals surface area contributed by atoms with Crippen LogP contribution in [0.2, 0.25) is 0 Å². The zero-order chi connectivity index (χ0) is 13.4. The van der Waals surface area contributed by atoms with Gasteiger partial charge in [-0.05, 0) is 45.3 Å². The molecule has 0 saturated carbocycles. The van der Waals surface area contributed by atoms with E-state index in [0.717, 1.165) is 31.4 Å². The van der Waals surface area contributed by atoms with Crippen LogP contribution >= 0.6 is 0 Å². The van der Waals surface area contributed by atoms with Gasteiger partial charge in [0.1, 0.15) is 5.82 Å². The third-order valence-electron chi connectivity index (χ3n) is 3.64. The van der Waals surface area contributed by atoms with Crippen LogP contribution in [-0.2, 0) is 13.6 Å². The number of rotatable bonds is 9. The summed E-state index contributed by atoms with van der Waals surface area (Å²) in [7, 11) is 4.21. The number of hydrogen-bond donors (Lipinski definition) is 1. The molecule has 0 fully saturated rings. The van der Waals surface area contributed by atoms with Crippen molar-refractivity contribution in [3.05, 3.63) is 18.2 Å². The summed E-state index contributed by atoms with van der Waals surface area (Å²) >= 11 is 0. The lowest BCUT2D eigenvalue weighted by molar-refractivity contribution is 0.291. The highest BCUT2D eigenvalue weighted by atomic mass is 15.1. The number of aromatic nitrogens is 2. The lowest BCUT2D eigenvalue weighted by Crippen LogP contribution is -2.22. The van der Waals surface area contributed by atoms with Crippen molar-refractivity contribution in [1.82, 2.24) is 14.5 Å². The fourth-order valence-electron chi connectivity index (χ4n) is 2.31. The Hall–Kier alpha value is -0.870. The summed E-state index contributed by atoms with van der Waals surface area (Å²) < 4.78 is 2.08. The molecule has 0 aliphatic rings. The van der Waals surface area contributed by atoms with Crippen molar-refractivity contribution in [2.45, 2.75) is 39.2 Å². The molecule has 1 rings (SSSR count). The zero-order valence-electron chi connectivity index (χ0n) is 12.1. The molecule has 1 aromatic rings. The molecule has 0 aromatic carbocycles. The largest absolute Gasteiger partial charge is 0.337 e. The van der Waals surface area contributed by atoms with Crippen LogP contribution in [0.4, 0.5) is 0 Å². The number of imidazole rings is 1. The van der Waals surface area contributed by atoms with Crippen LogP contribution in [0.5, 0.6) is 0 Å². The molecule has 1 heterocycles. The lowest BCUT2D eigenvalue weighted by atomic mass is 9.97. The predicted octanol–water partition coefficient (Wildman–Crippen LogP) is 2.01. The van der Waals surface area contributed by atoms with Gasteiger partial charge in [0.05, 0.1) is 6.54 Å². The van der Waals surface area contributed by atoms with E-state index >= 15 is 0 Å². The molecule has 1 unspecified atom stereocenters. The molecule has 18 heavy (non-hydrogen) atoms. The second-order valence-electron chi connectivity index (χ2n) is 5.19. The van der Waals surface area contributed by atoms with Gasteiger partial charge in [0.25, 0.3) is 0 Å². The van der Waals surface area contributed by atoms with Crippen LogP contribution in [0.3, 0.4) is 0 Å². The Morgan fingerprint density at radius 2 is 2.22 bits per heavy atom. The zero-order valence-corrected chi connectivity index (χ0v) is 12.1. The highest BCUT2D eigenvalue weighted by Crippen LogP contribution is 2.14. The second kappa shape index (κ2) is 8.27. The van der Waals surface area contributed by atoms with Crippen LogP contribution < -0.4 is 5.73 Å². The van der Waals surface area contributed by atoms with Crippen molar-refractivity contribution in [3.8, 4) is 0 Å². The van der Waals surface area contributed by atoms with Crippen LogP contribution in [0.15, 0.2) is 12.4 Å². The normalized spacial score (nSPS) is 13.2. The van der Waals surface area contributed by atoms with Gasteiger partial charge in [0.15, 0.2) is 0 Å². The maximum Gasteiger partial charge on any atom is 0.122 e. The summed E-state index contributed by atoms with van der Waals surface area (Å²) in [5, 5.41) is 0. The topological polar surface area (TPSA) is 47.1 Å². The summed E-state index contributed by atoms with van der Waals surface area (Å²) in [6.07, 6.45) is 8.81. The minimum absolute atomic E-state index is 0.802. The third-order valence-corrected chi connectivity index (χ3v) is 3.64. The van der Waals surface area contributed by atoms with Gasteiger partial charge in [-0.1, -0.05) is 13.3 Å². The predicted molar refractivity (Wildman–Crippen MR) is 76.2 cm³/mol. The first-order chi connectivity index (χ1) is 8.67. The Morgan fingerprint density at radius 3 is 2.78 bits per heavy atom. The average molecular weight is 252 g/mol. The van der Waals surface area contributed by atoms with Gasteiger partial charge in [0.2, 0.25) is 0 Å². The van der Waals surface area contributed by atoms with Gasteiger partial charge in [-0.15, -0.1) is 0 Å². The van der Waals surface area contributed by atoms with Crippen molar-refractivity contribution < 1.29 is 0 Å². The van der Waals surface area contributed by atoms with E-state index in [-0.39, 0.29) is 0 Å². The van der Waals surface area contributed by atoms with E-state index in [0.29, 0.717) is 0 Å². The van der Waals surface area contributed by atoms with Gasteiger partial charge in [-0.2, -0.15) is 0 Å². The lowest BCUT2D eigenvalue weighted by Gasteiger charge is -2.18. The second-order valence-corrected chi connectivity index (χ2v) is 5.19. The number of nitrogens with zero attached hydrogens (tertiary/aromatic N) is 3. The Labute approximate surface area is 111 Å². The summed E-state index contributed by atoms with van der Waals surface area (Å²) in [6.45, 7) is 5.14. The first kappa shape index (κ1) is 15.2. The average Bonchev–Trinajstić information content (AvgIpc) is 2.74. The fourth-order valence-corrected chi connectivity index (χ4v) is 2.31. The Bertz CT molecular complexity index is 321. The Balaban J connectivity index is 2.21. The van der Waals surface area contributed by atoms with Crippen molar-refractivity contribution in [2.24, 2.45) is 18.7 Å². The van der Waals surface area contributed by atoms with Crippen molar-refractivity contribution in [1.29, 1.82) is 0 Å². The molecule has 1 aromatic heterocycles. The van der Waals surface area contributed by atoms with Gasteiger partial charge < -0.3 is 10.3 Å². The van der Waals surface area contributed by atoms with Crippen LogP contribution in [0.25, 0.3) is 0 Å². The maximum absolute atomic E-state index is 5.62. The molecule has 0 saturated heterocycles. The first-order valence-electron chi connectivity index (χ1n) is 7.02. The molecule has 104 valence electrons. The quantitative estimate of drug-likeness (QED) is 0.731. The minimum atomic E-state index is 0.802. The molecule has 2 N–H and O–H groups in total. The van der Waals surface area contributed by atoms with E-state index in [1.807, 2.05) is 19.4 Å². The highest BCUT2D eigenvalue weighted by molar-refractivity contribution is 4.90. The molecule has 0 bridgehead atoms. The van der Waals surface area contributed by atoms with E-state index in [2.05, 4.69) is 28.4 Å². The smallest absolute Gasteiger partial charge is 0.122 e. The molecule has 4 heteroatoms. The molecule has 0 amide bonds. The third kappa shape index (κ3) is 5.19. The summed E-state index contributed by atoms with van der Waals surface area (Å²) in [4.78, 5) is 6.69. The standard InChI is InChI=1S/C14H28N4/c1-4-13(7-8-15)6-5-10-17(2)12-14-16-9-11-18(14)3/h9,11,13H,4-8,10,12,15H2,1-3H3. The van der Waals surface area contributed by atoms with Crippen LogP contribution in [0, 0.1) is 5.92 Å². The summed E-state index contributed by atoms with van der Waals surface area (Å²) in [6, 6.07) is 0. The molecule has 0 aliphatic heterocycles. The van der Waals surface area contributed by atoms with Gasteiger partial charge in [0, 0.05) is 19.4 Å². The van der Waals surface area contributed by atoms with E-state index in [4.69, 9.17) is 5.73 Å². The van der Waals surface area contributed by atoms with E-state index in [1.54, 1.807) is 0 Å². The first-order valence-corrected chi connectivity index (χ1v) is 7.02. The van der Waals surface area contributed by atoms with E-state index < -0.39 is 0 Å².